The first kappa shape index (κ1) is 15.8. The molecule has 6 heteroatoms. The molecular formula is C17H23N3O3. The zero-order valence-electron chi connectivity index (χ0n) is 13.4. The van der Waals surface area contributed by atoms with E-state index in [4.69, 9.17) is 9.47 Å². The molecule has 1 unspecified atom stereocenters. The normalized spacial score (nSPS) is 15.0. The molecule has 23 heavy (non-hydrogen) atoms. The van der Waals surface area contributed by atoms with Crippen LogP contribution in [0.3, 0.4) is 0 Å². The highest BCUT2D eigenvalue weighted by Gasteiger charge is 2.14. The summed E-state index contributed by atoms with van der Waals surface area (Å²) in [7, 11) is 0. The van der Waals surface area contributed by atoms with Gasteiger partial charge in [-0.3, -0.25) is 0 Å². The molecule has 1 aromatic heterocycles. The lowest BCUT2D eigenvalue weighted by Gasteiger charge is -2.09. The smallest absolute Gasteiger partial charge is 0.119 e. The minimum Gasteiger partial charge on any atom is -0.492 e. The van der Waals surface area contributed by atoms with Crippen molar-refractivity contribution in [3.8, 4) is 11.5 Å². The lowest BCUT2D eigenvalue weighted by atomic mass is 10.0. The van der Waals surface area contributed by atoms with Crippen LogP contribution >= 0.6 is 0 Å². The van der Waals surface area contributed by atoms with E-state index in [2.05, 4.69) is 10.2 Å². The molecule has 0 saturated carbocycles. The number of hydrogen-bond acceptors (Lipinski definition) is 5. The van der Waals surface area contributed by atoms with Crippen LogP contribution in [0.5, 0.6) is 11.5 Å². The zero-order chi connectivity index (χ0) is 16.1. The van der Waals surface area contributed by atoms with Crippen LogP contribution in [0, 0.1) is 0 Å². The summed E-state index contributed by atoms with van der Waals surface area (Å²) >= 11 is 0. The maximum absolute atomic E-state index is 9.19. The number of aliphatic hydroxyl groups is 1. The summed E-state index contributed by atoms with van der Waals surface area (Å²) in [5, 5.41) is 18.2. The van der Waals surface area contributed by atoms with Gasteiger partial charge in [-0.15, -0.1) is 0 Å². The van der Waals surface area contributed by atoms with E-state index in [1.54, 1.807) is 11.7 Å². The number of ether oxygens (including phenoxy) is 2. The maximum Gasteiger partial charge on any atom is 0.119 e. The van der Waals surface area contributed by atoms with Crippen LogP contribution in [0.25, 0.3) is 0 Å². The Hall–Kier alpha value is -2.08. The van der Waals surface area contributed by atoms with Crippen molar-refractivity contribution in [2.75, 3.05) is 13.2 Å². The molecule has 1 N–H and O–H groups in total. The van der Waals surface area contributed by atoms with Gasteiger partial charge in [0, 0.05) is 0 Å². The zero-order valence-corrected chi connectivity index (χ0v) is 13.4. The number of aryl methyl sites for hydroxylation is 2. The van der Waals surface area contributed by atoms with Crippen molar-refractivity contribution in [3.05, 3.63) is 35.7 Å². The van der Waals surface area contributed by atoms with Gasteiger partial charge in [-0.2, -0.15) is 15.0 Å². The Morgan fingerprint density at radius 2 is 1.61 bits per heavy atom. The van der Waals surface area contributed by atoms with Crippen molar-refractivity contribution in [2.45, 2.75) is 45.3 Å². The number of aliphatic hydroxyl groups excluding tert-OH is 1. The van der Waals surface area contributed by atoms with Gasteiger partial charge in [-0.25, -0.2) is 0 Å². The van der Waals surface area contributed by atoms with Gasteiger partial charge in [0.25, 0.3) is 0 Å². The third-order valence-electron chi connectivity index (χ3n) is 3.76. The van der Waals surface area contributed by atoms with Gasteiger partial charge in [0.1, 0.15) is 24.7 Å². The van der Waals surface area contributed by atoms with Crippen molar-refractivity contribution in [2.24, 2.45) is 0 Å². The molecule has 0 spiro atoms. The number of fused-ring (bicyclic) bond motifs is 1. The number of rotatable bonds is 7. The summed E-state index contributed by atoms with van der Waals surface area (Å²) in [6, 6.07) is 7.39. The Balaban J connectivity index is 1.46. The summed E-state index contributed by atoms with van der Waals surface area (Å²) in [6.45, 7) is 3.16. The monoisotopic (exact) mass is 317 g/mol. The molecule has 0 fully saturated rings. The molecule has 0 saturated heterocycles. The minimum absolute atomic E-state index is 0.288. The third-order valence-corrected chi connectivity index (χ3v) is 3.76. The number of hydrogen-bond donors (Lipinski definition) is 1. The van der Waals surface area contributed by atoms with Crippen LogP contribution in [0.4, 0.5) is 0 Å². The Morgan fingerprint density at radius 1 is 1.04 bits per heavy atom. The van der Waals surface area contributed by atoms with Crippen LogP contribution in [0.1, 0.15) is 31.2 Å². The topological polar surface area (TPSA) is 69.4 Å². The van der Waals surface area contributed by atoms with E-state index >= 15 is 0 Å². The van der Waals surface area contributed by atoms with Crippen LogP contribution in [0.2, 0.25) is 0 Å². The first-order valence-corrected chi connectivity index (χ1v) is 8.17. The van der Waals surface area contributed by atoms with Gasteiger partial charge < -0.3 is 14.6 Å². The fourth-order valence-electron chi connectivity index (χ4n) is 2.58. The largest absolute Gasteiger partial charge is 0.492 e. The van der Waals surface area contributed by atoms with Crippen molar-refractivity contribution in [1.82, 2.24) is 15.0 Å². The fourth-order valence-corrected chi connectivity index (χ4v) is 2.58. The van der Waals surface area contributed by atoms with Gasteiger partial charge in [0.2, 0.25) is 0 Å². The predicted octanol–water partition coefficient (Wildman–Crippen LogP) is 2.00. The highest BCUT2D eigenvalue weighted by atomic mass is 16.5. The van der Waals surface area contributed by atoms with Gasteiger partial charge in [0.15, 0.2) is 0 Å². The van der Waals surface area contributed by atoms with E-state index in [-0.39, 0.29) is 6.61 Å². The second kappa shape index (κ2) is 7.46. The standard InChI is InChI=1S/C17H23N3O3/c1-13(21)12-23-15-8-6-14(7-9-15)22-11-10-20-18-16-4-2-3-5-17(16)19-20/h6-9,13,21H,2-5,10-12H2,1H3. The van der Waals surface area contributed by atoms with Crippen LogP contribution in [-0.2, 0) is 19.4 Å². The predicted molar refractivity (Wildman–Crippen MR) is 85.8 cm³/mol. The number of benzene rings is 1. The summed E-state index contributed by atoms with van der Waals surface area (Å²) in [4.78, 5) is 1.75. The molecule has 0 aliphatic heterocycles. The molecule has 124 valence electrons. The van der Waals surface area contributed by atoms with Gasteiger partial charge in [0.05, 0.1) is 24.0 Å². The SMILES string of the molecule is CC(O)COc1ccc(OCCn2nc3c(n2)CCCC3)cc1. The van der Waals surface area contributed by atoms with Crippen molar-refractivity contribution >= 4 is 0 Å². The Morgan fingerprint density at radius 3 is 2.17 bits per heavy atom. The molecule has 0 amide bonds. The van der Waals surface area contributed by atoms with Gasteiger partial charge in [-0.1, -0.05) is 0 Å². The molecule has 0 bridgehead atoms. The molecule has 1 heterocycles. The molecule has 6 nitrogen and oxygen atoms in total. The van der Waals surface area contributed by atoms with E-state index in [9.17, 15) is 5.11 Å². The molecule has 1 aliphatic rings. The highest BCUT2D eigenvalue weighted by Crippen LogP contribution is 2.18. The van der Waals surface area contributed by atoms with Crippen LogP contribution < -0.4 is 9.47 Å². The summed E-state index contributed by atoms with van der Waals surface area (Å²) in [6.07, 6.45) is 4.05. The quantitative estimate of drug-likeness (QED) is 0.846. The van der Waals surface area contributed by atoms with Crippen molar-refractivity contribution in [3.63, 3.8) is 0 Å². The molecular weight excluding hydrogens is 294 g/mol. The summed E-state index contributed by atoms with van der Waals surface area (Å²) in [5.74, 6) is 1.51. The molecule has 0 radical (unpaired) electrons. The summed E-state index contributed by atoms with van der Waals surface area (Å²) < 4.78 is 11.1. The maximum atomic E-state index is 9.19. The lowest BCUT2D eigenvalue weighted by molar-refractivity contribution is 0.122. The molecule has 1 aliphatic carbocycles. The van der Waals surface area contributed by atoms with E-state index < -0.39 is 6.10 Å². The molecule has 3 rings (SSSR count). The van der Waals surface area contributed by atoms with E-state index in [1.807, 2.05) is 24.3 Å². The minimum atomic E-state index is -0.474. The Bertz CT molecular complexity index is 599. The summed E-state index contributed by atoms with van der Waals surface area (Å²) in [5.41, 5.74) is 2.30. The van der Waals surface area contributed by atoms with E-state index in [0.717, 1.165) is 35.7 Å². The molecule has 2 aromatic rings. The average molecular weight is 317 g/mol. The third kappa shape index (κ3) is 4.45. The van der Waals surface area contributed by atoms with E-state index in [0.29, 0.717) is 13.2 Å². The first-order chi connectivity index (χ1) is 11.2. The van der Waals surface area contributed by atoms with Crippen LogP contribution in [0.15, 0.2) is 24.3 Å². The molecule has 1 atom stereocenters. The van der Waals surface area contributed by atoms with Gasteiger partial charge in [-0.05, 0) is 56.9 Å². The molecule has 1 aromatic carbocycles. The first-order valence-electron chi connectivity index (χ1n) is 8.17. The second-order valence-electron chi connectivity index (χ2n) is 5.88. The highest BCUT2D eigenvalue weighted by molar-refractivity contribution is 5.31. The van der Waals surface area contributed by atoms with E-state index in [1.165, 1.54) is 12.8 Å². The second-order valence-corrected chi connectivity index (χ2v) is 5.88. The number of aromatic nitrogens is 3. The Labute approximate surface area is 136 Å². The number of nitrogens with zero attached hydrogens (tertiary/aromatic N) is 3. The Kier molecular flexibility index (Phi) is 5.12. The van der Waals surface area contributed by atoms with Crippen LogP contribution in [-0.4, -0.2) is 39.4 Å². The fraction of sp³-hybridized carbons (Fsp3) is 0.529. The average Bonchev–Trinajstić information content (AvgIpc) is 2.97. The van der Waals surface area contributed by atoms with Gasteiger partial charge >= 0.3 is 0 Å². The van der Waals surface area contributed by atoms with Crippen molar-refractivity contribution < 1.29 is 14.6 Å². The van der Waals surface area contributed by atoms with Crippen molar-refractivity contribution in [1.29, 1.82) is 0 Å². The lowest BCUT2D eigenvalue weighted by Crippen LogP contribution is -2.13.